The fourth-order valence-corrected chi connectivity index (χ4v) is 6.09. The molecular weight excluding hydrogens is 542 g/mol. The Morgan fingerprint density at radius 1 is 1.00 bits per heavy atom. The van der Waals surface area contributed by atoms with Crippen molar-refractivity contribution in [3.8, 4) is 16.9 Å². The number of nitrogen functional groups attached to an aromatic ring is 1. The van der Waals surface area contributed by atoms with Crippen LogP contribution in [0.1, 0.15) is 65.6 Å². The molecule has 3 aromatic carbocycles. The number of hydrogen-bond acceptors (Lipinski definition) is 8. The molecule has 4 rings (SSSR count). The molecule has 1 amide bonds. The molecular formula is C31H39N3O6S. The average molecular weight is 582 g/mol. The van der Waals surface area contributed by atoms with Crippen molar-refractivity contribution in [1.29, 1.82) is 0 Å². The van der Waals surface area contributed by atoms with E-state index in [9.17, 15) is 18.3 Å². The standard InChI is InChI=1S/C31H39N3O6S/c32-26-11-6-24(7-12-26)30(36)21-33-16-18-40-27-13-8-22(9-14-27)25-10-15-28(29(20-25)23-4-1-2-5-23)31(37)34-41(38,39)19-3-17-35/h6-15,20,23,30,33,35-36H,1-5,16-19,21,32H2,(H,34,37)/t30-/m0/s1. The number of carbonyl (C=O) groups excluding carboxylic acids is 1. The van der Waals surface area contributed by atoms with Gasteiger partial charge >= 0.3 is 0 Å². The summed E-state index contributed by atoms with van der Waals surface area (Å²) in [5.41, 5.74) is 10.3. The molecule has 0 heterocycles. The molecule has 0 spiro atoms. The van der Waals surface area contributed by atoms with E-state index in [4.69, 9.17) is 15.6 Å². The molecule has 0 saturated heterocycles. The number of hydrogen-bond donors (Lipinski definition) is 5. The number of amides is 1. The predicted molar refractivity (Wildman–Crippen MR) is 160 cm³/mol. The van der Waals surface area contributed by atoms with Crippen LogP contribution in [0.4, 0.5) is 5.69 Å². The van der Waals surface area contributed by atoms with Crippen LogP contribution in [-0.2, 0) is 10.0 Å². The topological polar surface area (TPSA) is 151 Å². The first-order valence-corrected chi connectivity index (χ1v) is 15.7. The lowest BCUT2D eigenvalue weighted by Crippen LogP contribution is -2.33. The van der Waals surface area contributed by atoms with Crippen LogP contribution < -0.4 is 20.5 Å². The molecule has 0 bridgehead atoms. The third-order valence-corrected chi connectivity index (χ3v) is 8.63. The van der Waals surface area contributed by atoms with E-state index < -0.39 is 22.0 Å². The number of nitrogens with two attached hydrogens (primary N) is 1. The van der Waals surface area contributed by atoms with Gasteiger partial charge in [-0.3, -0.25) is 4.79 Å². The quantitative estimate of drug-likeness (QED) is 0.143. The molecule has 41 heavy (non-hydrogen) atoms. The second-order valence-electron chi connectivity index (χ2n) is 10.4. The Kier molecular flexibility index (Phi) is 10.8. The van der Waals surface area contributed by atoms with Gasteiger partial charge in [0.05, 0.1) is 11.9 Å². The van der Waals surface area contributed by atoms with Gasteiger partial charge in [-0.25, -0.2) is 13.1 Å². The van der Waals surface area contributed by atoms with Gasteiger partial charge in [-0.15, -0.1) is 0 Å². The fourth-order valence-electron chi connectivity index (χ4n) is 5.08. The van der Waals surface area contributed by atoms with E-state index in [0.29, 0.717) is 30.9 Å². The lowest BCUT2D eigenvalue weighted by molar-refractivity contribution is 0.0980. The van der Waals surface area contributed by atoms with Gasteiger partial charge in [0.2, 0.25) is 10.0 Å². The Hall–Kier alpha value is -3.44. The maximum atomic E-state index is 13.0. The highest BCUT2D eigenvalue weighted by Gasteiger charge is 2.25. The summed E-state index contributed by atoms with van der Waals surface area (Å²) in [7, 11) is -3.82. The molecule has 1 atom stereocenters. The molecule has 9 nitrogen and oxygen atoms in total. The van der Waals surface area contributed by atoms with Crippen LogP contribution in [0.15, 0.2) is 66.7 Å². The second kappa shape index (κ2) is 14.5. The van der Waals surface area contributed by atoms with Crippen molar-refractivity contribution in [3.05, 3.63) is 83.4 Å². The normalized spacial score (nSPS) is 14.6. The zero-order valence-corrected chi connectivity index (χ0v) is 23.9. The highest BCUT2D eigenvalue weighted by Crippen LogP contribution is 2.38. The minimum Gasteiger partial charge on any atom is -0.492 e. The third-order valence-electron chi connectivity index (χ3n) is 7.30. The summed E-state index contributed by atoms with van der Waals surface area (Å²) in [6, 6.07) is 20.4. The molecule has 220 valence electrons. The van der Waals surface area contributed by atoms with Crippen LogP contribution in [-0.4, -0.2) is 56.6 Å². The number of nitrogens with one attached hydrogen (secondary N) is 2. The summed E-state index contributed by atoms with van der Waals surface area (Å²) < 4.78 is 32.5. The highest BCUT2D eigenvalue weighted by atomic mass is 32.2. The van der Waals surface area contributed by atoms with Crippen molar-refractivity contribution in [2.45, 2.75) is 44.1 Å². The molecule has 10 heteroatoms. The summed E-state index contributed by atoms with van der Waals surface area (Å²) in [6.07, 6.45) is 3.51. The molecule has 0 aliphatic heterocycles. The lowest BCUT2D eigenvalue weighted by Gasteiger charge is -2.17. The molecule has 1 aliphatic rings. The van der Waals surface area contributed by atoms with Crippen LogP contribution in [0.2, 0.25) is 0 Å². The van der Waals surface area contributed by atoms with Crippen LogP contribution in [0, 0.1) is 0 Å². The number of aliphatic hydroxyl groups is 2. The van der Waals surface area contributed by atoms with Crippen LogP contribution in [0.3, 0.4) is 0 Å². The maximum Gasteiger partial charge on any atom is 0.265 e. The molecule has 1 saturated carbocycles. The van der Waals surface area contributed by atoms with Crippen LogP contribution >= 0.6 is 0 Å². The SMILES string of the molecule is Nc1ccc([C@@H](O)CNCCOc2ccc(-c3ccc(C(=O)NS(=O)(=O)CCCO)c(C4CCCC4)c3)cc2)cc1. The average Bonchev–Trinajstić information content (AvgIpc) is 3.51. The van der Waals surface area contributed by atoms with Gasteiger partial charge < -0.3 is 26.0 Å². The summed E-state index contributed by atoms with van der Waals surface area (Å²) in [4.78, 5) is 13.0. The second-order valence-corrected chi connectivity index (χ2v) is 12.2. The van der Waals surface area contributed by atoms with Crippen molar-refractivity contribution in [1.82, 2.24) is 10.0 Å². The van der Waals surface area contributed by atoms with Gasteiger partial charge in [0.25, 0.3) is 5.91 Å². The Morgan fingerprint density at radius 3 is 2.37 bits per heavy atom. The largest absolute Gasteiger partial charge is 0.492 e. The van der Waals surface area contributed by atoms with E-state index in [1.54, 1.807) is 18.2 Å². The zero-order valence-electron chi connectivity index (χ0n) is 23.1. The van der Waals surface area contributed by atoms with E-state index in [1.807, 2.05) is 48.5 Å². The molecule has 0 unspecified atom stereocenters. The third kappa shape index (κ3) is 8.77. The Morgan fingerprint density at radius 2 is 1.68 bits per heavy atom. The lowest BCUT2D eigenvalue weighted by atomic mass is 9.89. The van der Waals surface area contributed by atoms with Gasteiger partial charge in [-0.1, -0.05) is 49.2 Å². The summed E-state index contributed by atoms with van der Waals surface area (Å²) in [6.45, 7) is 1.15. The number of benzene rings is 3. The summed E-state index contributed by atoms with van der Waals surface area (Å²) in [5.74, 6) is -0.0174. The number of anilines is 1. The highest BCUT2D eigenvalue weighted by molar-refractivity contribution is 7.90. The number of sulfonamides is 1. The van der Waals surface area contributed by atoms with Crippen molar-refractivity contribution < 1.29 is 28.2 Å². The first-order chi connectivity index (χ1) is 19.8. The van der Waals surface area contributed by atoms with E-state index >= 15 is 0 Å². The first kappa shape index (κ1) is 30.5. The van der Waals surface area contributed by atoms with Crippen molar-refractivity contribution in [2.24, 2.45) is 0 Å². The fraction of sp³-hybridized carbons (Fsp3) is 0.387. The molecule has 1 fully saturated rings. The monoisotopic (exact) mass is 581 g/mol. The number of aliphatic hydroxyl groups excluding tert-OH is 2. The van der Waals surface area contributed by atoms with Crippen molar-refractivity contribution in [3.63, 3.8) is 0 Å². The van der Waals surface area contributed by atoms with Gasteiger partial charge in [0, 0.05) is 30.9 Å². The Labute approximate surface area is 241 Å². The Balaban J connectivity index is 1.35. The first-order valence-electron chi connectivity index (χ1n) is 14.0. The zero-order chi connectivity index (χ0) is 29.2. The van der Waals surface area contributed by atoms with Crippen LogP contribution in [0.25, 0.3) is 11.1 Å². The molecule has 0 aromatic heterocycles. The van der Waals surface area contributed by atoms with Crippen LogP contribution in [0.5, 0.6) is 5.75 Å². The maximum absolute atomic E-state index is 13.0. The minimum absolute atomic E-state index is 0.0703. The van der Waals surface area contributed by atoms with Crippen molar-refractivity contribution in [2.75, 3.05) is 37.8 Å². The number of ether oxygens (including phenoxy) is 1. The van der Waals surface area contributed by atoms with Crippen molar-refractivity contribution >= 4 is 21.6 Å². The molecule has 0 radical (unpaired) electrons. The molecule has 3 aromatic rings. The van der Waals surface area contributed by atoms with E-state index in [-0.39, 0.29) is 24.7 Å². The van der Waals surface area contributed by atoms with Gasteiger partial charge in [0.15, 0.2) is 0 Å². The van der Waals surface area contributed by atoms with Gasteiger partial charge in [-0.05, 0) is 77.8 Å². The minimum atomic E-state index is -3.82. The van der Waals surface area contributed by atoms with E-state index in [1.165, 1.54) is 0 Å². The van der Waals surface area contributed by atoms with Gasteiger partial charge in [0.1, 0.15) is 12.4 Å². The van der Waals surface area contributed by atoms with E-state index in [2.05, 4.69) is 10.0 Å². The van der Waals surface area contributed by atoms with E-state index in [0.717, 1.165) is 53.7 Å². The predicted octanol–water partition coefficient (Wildman–Crippen LogP) is 3.74. The Bertz CT molecular complexity index is 1390. The van der Waals surface area contributed by atoms with Gasteiger partial charge in [-0.2, -0.15) is 0 Å². The smallest absolute Gasteiger partial charge is 0.265 e. The number of carbonyl (C=O) groups is 1. The molecule has 6 N–H and O–H groups in total. The summed E-state index contributed by atoms with van der Waals surface area (Å²) in [5, 5.41) is 22.4. The number of rotatable bonds is 14. The summed E-state index contributed by atoms with van der Waals surface area (Å²) >= 11 is 0. The molecule has 1 aliphatic carbocycles.